The topological polar surface area (TPSA) is 35.5 Å². The lowest BCUT2D eigenvalue weighted by atomic mass is 9.89. The minimum atomic E-state index is 0.0431. The third kappa shape index (κ3) is 6.30. The van der Waals surface area contributed by atoms with E-state index < -0.39 is 0 Å². The standard InChI is InChI=1S/C23H30O3/c1-17(13-19-9-11-22(26-4)12-10-19)14-23(24)18(2)15-20-5-7-21(8-6-20)16-25-3/h5-12,17-18H,13-16H2,1-4H3. The summed E-state index contributed by atoms with van der Waals surface area (Å²) < 4.78 is 10.3. The molecule has 0 aliphatic rings. The third-order valence-corrected chi connectivity index (χ3v) is 4.72. The summed E-state index contributed by atoms with van der Waals surface area (Å²) in [5.41, 5.74) is 3.60. The van der Waals surface area contributed by atoms with E-state index in [2.05, 4.69) is 43.3 Å². The van der Waals surface area contributed by atoms with Gasteiger partial charge in [-0.15, -0.1) is 0 Å². The molecule has 26 heavy (non-hydrogen) atoms. The number of ketones is 1. The molecule has 2 atom stereocenters. The van der Waals surface area contributed by atoms with Gasteiger partial charge >= 0.3 is 0 Å². The first-order valence-electron chi connectivity index (χ1n) is 9.24. The minimum absolute atomic E-state index is 0.0431. The summed E-state index contributed by atoms with van der Waals surface area (Å²) in [6.45, 7) is 4.80. The molecule has 0 amide bonds. The number of Topliss-reactive ketones (excluding diaryl/α,β-unsaturated/α-hetero) is 1. The number of hydrogen-bond acceptors (Lipinski definition) is 3. The van der Waals surface area contributed by atoms with Gasteiger partial charge in [0.15, 0.2) is 0 Å². The second-order valence-electron chi connectivity index (χ2n) is 7.18. The van der Waals surface area contributed by atoms with Crippen molar-refractivity contribution in [3.05, 3.63) is 65.2 Å². The lowest BCUT2D eigenvalue weighted by Gasteiger charge is -2.15. The lowest BCUT2D eigenvalue weighted by Crippen LogP contribution is -2.17. The van der Waals surface area contributed by atoms with Gasteiger partial charge in [-0.1, -0.05) is 50.2 Å². The van der Waals surface area contributed by atoms with E-state index in [4.69, 9.17) is 9.47 Å². The molecule has 140 valence electrons. The van der Waals surface area contributed by atoms with Crippen LogP contribution >= 0.6 is 0 Å². The van der Waals surface area contributed by atoms with Crippen LogP contribution in [-0.2, 0) is 29.0 Å². The molecule has 3 nitrogen and oxygen atoms in total. The van der Waals surface area contributed by atoms with Crippen molar-refractivity contribution in [1.82, 2.24) is 0 Å². The van der Waals surface area contributed by atoms with Crippen molar-refractivity contribution in [3.63, 3.8) is 0 Å². The van der Waals surface area contributed by atoms with Gasteiger partial charge in [0.1, 0.15) is 11.5 Å². The number of methoxy groups -OCH3 is 2. The van der Waals surface area contributed by atoms with Crippen molar-refractivity contribution in [1.29, 1.82) is 0 Å². The zero-order valence-corrected chi connectivity index (χ0v) is 16.3. The van der Waals surface area contributed by atoms with Crippen LogP contribution in [0.25, 0.3) is 0 Å². The van der Waals surface area contributed by atoms with E-state index in [0.29, 0.717) is 24.7 Å². The van der Waals surface area contributed by atoms with Crippen LogP contribution in [0.3, 0.4) is 0 Å². The monoisotopic (exact) mass is 354 g/mol. The fraction of sp³-hybridized carbons (Fsp3) is 0.435. The normalized spacial score (nSPS) is 13.2. The molecule has 2 aromatic rings. The van der Waals surface area contributed by atoms with Crippen molar-refractivity contribution in [2.75, 3.05) is 14.2 Å². The van der Waals surface area contributed by atoms with Crippen molar-refractivity contribution in [2.45, 2.75) is 39.7 Å². The average Bonchev–Trinajstić information content (AvgIpc) is 2.64. The van der Waals surface area contributed by atoms with Gasteiger partial charge in [0.2, 0.25) is 0 Å². The van der Waals surface area contributed by atoms with Crippen molar-refractivity contribution in [2.24, 2.45) is 11.8 Å². The molecule has 0 radical (unpaired) electrons. The highest BCUT2D eigenvalue weighted by Gasteiger charge is 2.17. The number of ether oxygens (including phenoxy) is 2. The molecule has 0 heterocycles. The van der Waals surface area contributed by atoms with Gasteiger partial charge in [-0.2, -0.15) is 0 Å². The van der Waals surface area contributed by atoms with Crippen LogP contribution < -0.4 is 4.74 Å². The van der Waals surface area contributed by atoms with Gasteiger partial charge in [0.25, 0.3) is 0 Å². The number of carbonyl (C=O) groups is 1. The van der Waals surface area contributed by atoms with Crippen LogP contribution in [0.4, 0.5) is 0 Å². The summed E-state index contributed by atoms with van der Waals surface area (Å²) >= 11 is 0. The first kappa shape index (κ1) is 20.2. The smallest absolute Gasteiger partial charge is 0.136 e. The predicted octanol–water partition coefficient (Wildman–Crippen LogP) is 4.86. The lowest BCUT2D eigenvalue weighted by molar-refractivity contribution is -0.123. The largest absolute Gasteiger partial charge is 0.497 e. The highest BCUT2D eigenvalue weighted by Crippen LogP contribution is 2.19. The Bertz CT molecular complexity index is 674. The number of carbonyl (C=O) groups excluding carboxylic acids is 1. The zero-order valence-electron chi connectivity index (χ0n) is 16.3. The molecule has 0 fully saturated rings. The van der Waals surface area contributed by atoms with Crippen molar-refractivity contribution >= 4 is 5.78 Å². The van der Waals surface area contributed by atoms with Crippen LogP contribution in [0.2, 0.25) is 0 Å². The van der Waals surface area contributed by atoms with E-state index >= 15 is 0 Å². The molecule has 2 rings (SSSR count). The summed E-state index contributed by atoms with van der Waals surface area (Å²) in [6, 6.07) is 16.4. The van der Waals surface area contributed by atoms with Crippen LogP contribution in [0.5, 0.6) is 5.75 Å². The summed E-state index contributed by atoms with van der Waals surface area (Å²) in [6.07, 6.45) is 2.32. The maximum atomic E-state index is 12.6. The fourth-order valence-corrected chi connectivity index (χ4v) is 3.19. The van der Waals surface area contributed by atoms with Crippen LogP contribution in [-0.4, -0.2) is 20.0 Å². The first-order chi connectivity index (χ1) is 12.5. The molecule has 0 saturated heterocycles. The first-order valence-corrected chi connectivity index (χ1v) is 9.24. The predicted molar refractivity (Wildman–Crippen MR) is 106 cm³/mol. The molecular weight excluding hydrogens is 324 g/mol. The van der Waals surface area contributed by atoms with Gasteiger partial charge in [0.05, 0.1) is 13.7 Å². The Morgan fingerprint density at radius 3 is 1.96 bits per heavy atom. The second kappa shape index (κ2) is 10.1. The van der Waals surface area contributed by atoms with Crippen LogP contribution in [0, 0.1) is 11.8 Å². The maximum absolute atomic E-state index is 12.6. The Hall–Kier alpha value is -2.13. The molecular formula is C23H30O3. The Balaban J connectivity index is 1.83. The van der Waals surface area contributed by atoms with Crippen molar-refractivity contribution in [3.8, 4) is 5.75 Å². The van der Waals surface area contributed by atoms with Crippen LogP contribution in [0.15, 0.2) is 48.5 Å². The molecule has 0 aromatic heterocycles. The highest BCUT2D eigenvalue weighted by atomic mass is 16.5. The molecule has 0 saturated carbocycles. The minimum Gasteiger partial charge on any atom is -0.497 e. The zero-order chi connectivity index (χ0) is 18.9. The molecule has 3 heteroatoms. The number of hydrogen-bond donors (Lipinski definition) is 0. The van der Waals surface area contributed by atoms with Gasteiger partial charge < -0.3 is 9.47 Å². The summed E-state index contributed by atoms with van der Waals surface area (Å²) in [5, 5.41) is 0. The van der Waals surface area contributed by atoms with Gasteiger partial charge in [0, 0.05) is 19.4 Å². The molecule has 2 aromatic carbocycles. The second-order valence-corrected chi connectivity index (χ2v) is 7.18. The van der Waals surface area contributed by atoms with E-state index in [1.165, 1.54) is 11.1 Å². The van der Waals surface area contributed by atoms with E-state index in [1.54, 1.807) is 14.2 Å². The SMILES string of the molecule is COCc1ccc(CC(C)C(=O)CC(C)Cc2ccc(OC)cc2)cc1. The van der Waals surface area contributed by atoms with E-state index in [-0.39, 0.29) is 5.92 Å². The molecule has 0 N–H and O–H groups in total. The average molecular weight is 354 g/mol. The highest BCUT2D eigenvalue weighted by molar-refractivity contribution is 5.81. The summed E-state index contributed by atoms with van der Waals surface area (Å²) in [7, 11) is 3.37. The van der Waals surface area contributed by atoms with Gasteiger partial charge in [-0.25, -0.2) is 0 Å². The molecule has 0 aliphatic carbocycles. The van der Waals surface area contributed by atoms with Gasteiger partial charge in [-0.05, 0) is 47.6 Å². The van der Waals surface area contributed by atoms with Gasteiger partial charge in [-0.3, -0.25) is 4.79 Å². The van der Waals surface area contributed by atoms with Crippen LogP contribution in [0.1, 0.15) is 37.0 Å². The Labute approximate surface area is 157 Å². The third-order valence-electron chi connectivity index (χ3n) is 4.72. The Morgan fingerprint density at radius 2 is 1.38 bits per heavy atom. The maximum Gasteiger partial charge on any atom is 0.136 e. The molecule has 0 bridgehead atoms. The molecule has 0 spiro atoms. The van der Waals surface area contributed by atoms with E-state index in [1.807, 2.05) is 19.1 Å². The number of rotatable bonds is 10. The summed E-state index contributed by atoms with van der Waals surface area (Å²) in [5.74, 6) is 1.58. The molecule has 2 unspecified atom stereocenters. The van der Waals surface area contributed by atoms with E-state index in [9.17, 15) is 4.79 Å². The molecule has 0 aliphatic heterocycles. The fourth-order valence-electron chi connectivity index (χ4n) is 3.19. The quantitative estimate of drug-likeness (QED) is 0.611. The Morgan fingerprint density at radius 1 is 0.846 bits per heavy atom. The van der Waals surface area contributed by atoms with Crippen molar-refractivity contribution < 1.29 is 14.3 Å². The van der Waals surface area contributed by atoms with E-state index in [0.717, 1.165) is 24.2 Å². The Kier molecular flexibility index (Phi) is 7.86. The number of benzene rings is 2. The summed E-state index contributed by atoms with van der Waals surface area (Å²) in [4.78, 5) is 12.6.